The second-order valence-electron chi connectivity index (χ2n) is 2.63. The van der Waals surface area contributed by atoms with Crippen LogP contribution in [0.1, 0.15) is 32.6 Å². The summed E-state index contributed by atoms with van der Waals surface area (Å²) < 4.78 is 4.40. The molecular weight excluding hydrogens is 164 g/mol. The molecule has 0 bridgehead atoms. The Labute approximate surface area is 80.0 Å². The van der Waals surface area contributed by atoms with Gasteiger partial charge in [0.2, 0.25) is 0 Å². The molecule has 0 aliphatic rings. The lowest BCUT2D eigenvalue weighted by Crippen LogP contribution is -1.92. The first-order valence-corrected chi connectivity index (χ1v) is 4.54. The number of allylic oxidation sites excluding steroid dienone is 1. The number of rotatable bonds is 4. The van der Waals surface area contributed by atoms with Crippen LogP contribution in [0.2, 0.25) is 0 Å². The molecule has 0 fully saturated rings. The van der Waals surface area contributed by atoms with Crippen molar-refractivity contribution in [3.8, 4) is 11.8 Å². The van der Waals surface area contributed by atoms with E-state index in [0.717, 1.165) is 12.8 Å². The predicted octanol–water partition coefficient (Wildman–Crippen LogP) is 2.30. The van der Waals surface area contributed by atoms with Gasteiger partial charge >= 0.3 is 5.97 Å². The maximum Gasteiger partial charge on any atom is 0.331 e. The molecule has 0 atom stereocenters. The van der Waals surface area contributed by atoms with Crippen molar-refractivity contribution in [2.24, 2.45) is 0 Å². The van der Waals surface area contributed by atoms with E-state index >= 15 is 0 Å². The molecule has 0 spiro atoms. The molecule has 0 heterocycles. The van der Waals surface area contributed by atoms with E-state index in [-0.39, 0.29) is 5.97 Å². The summed E-state index contributed by atoms with van der Waals surface area (Å²) in [5, 5.41) is 0. The molecule has 0 aromatic rings. The van der Waals surface area contributed by atoms with E-state index in [2.05, 4.69) is 23.5 Å². The lowest BCUT2D eigenvalue weighted by Gasteiger charge is -1.87. The molecule has 72 valence electrons. The fourth-order valence-corrected chi connectivity index (χ4v) is 0.772. The van der Waals surface area contributed by atoms with E-state index in [9.17, 15) is 4.79 Å². The Kier molecular flexibility index (Phi) is 8.02. The van der Waals surface area contributed by atoms with Gasteiger partial charge in [0, 0.05) is 12.5 Å². The maximum absolute atomic E-state index is 10.6. The molecule has 0 radical (unpaired) electrons. The molecule has 0 aliphatic carbocycles. The molecule has 2 nitrogen and oxygen atoms in total. The number of hydrogen-bond acceptors (Lipinski definition) is 2. The summed E-state index contributed by atoms with van der Waals surface area (Å²) in [4.78, 5) is 10.6. The Morgan fingerprint density at radius 1 is 1.46 bits per heavy atom. The van der Waals surface area contributed by atoms with Gasteiger partial charge in [-0.2, -0.15) is 0 Å². The van der Waals surface area contributed by atoms with Gasteiger partial charge in [0.25, 0.3) is 0 Å². The number of methoxy groups -OCH3 is 1. The molecule has 0 aliphatic heterocycles. The summed E-state index contributed by atoms with van der Waals surface area (Å²) in [5.74, 6) is 5.37. The van der Waals surface area contributed by atoms with Crippen LogP contribution in [-0.2, 0) is 9.53 Å². The van der Waals surface area contributed by atoms with Crippen LogP contribution in [0, 0.1) is 11.8 Å². The first-order valence-electron chi connectivity index (χ1n) is 4.54. The van der Waals surface area contributed by atoms with Crippen molar-refractivity contribution in [2.45, 2.75) is 32.6 Å². The van der Waals surface area contributed by atoms with Crippen molar-refractivity contribution in [1.82, 2.24) is 0 Å². The fourth-order valence-electron chi connectivity index (χ4n) is 0.772. The molecule has 0 amide bonds. The third kappa shape index (κ3) is 8.68. The van der Waals surface area contributed by atoms with Gasteiger partial charge in [0.15, 0.2) is 0 Å². The highest BCUT2D eigenvalue weighted by atomic mass is 16.5. The SMILES string of the molecule is CCCCCC#C/C=C\C(=O)OC. The monoisotopic (exact) mass is 180 g/mol. The molecular formula is C11H16O2. The zero-order valence-electron chi connectivity index (χ0n) is 8.30. The van der Waals surface area contributed by atoms with Gasteiger partial charge in [0.05, 0.1) is 7.11 Å². The van der Waals surface area contributed by atoms with E-state index in [0.29, 0.717) is 0 Å². The van der Waals surface area contributed by atoms with Crippen molar-refractivity contribution < 1.29 is 9.53 Å². The van der Waals surface area contributed by atoms with Gasteiger partial charge in [-0.3, -0.25) is 0 Å². The molecule has 0 saturated carbocycles. The topological polar surface area (TPSA) is 26.3 Å². The smallest absolute Gasteiger partial charge is 0.331 e. The van der Waals surface area contributed by atoms with Crippen molar-refractivity contribution in [3.05, 3.63) is 12.2 Å². The lowest BCUT2D eigenvalue weighted by molar-refractivity contribution is -0.134. The standard InChI is InChI=1S/C11H16O2/c1-3-4-5-6-7-8-9-10-11(12)13-2/h9-10H,3-6H2,1-2H3/b10-9-. The first-order chi connectivity index (χ1) is 6.31. The quantitative estimate of drug-likeness (QED) is 0.287. The highest BCUT2D eigenvalue weighted by Crippen LogP contribution is 1.96. The fraction of sp³-hybridized carbons (Fsp3) is 0.545. The van der Waals surface area contributed by atoms with Gasteiger partial charge in [-0.15, -0.1) is 0 Å². The molecule has 0 saturated heterocycles. The van der Waals surface area contributed by atoms with Crippen molar-refractivity contribution in [1.29, 1.82) is 0 Å². The molecule has 0 rings (SSSR count). The summed E-state index contributed by atoms with van der Waals surface area (Å²) in [5.41, 5.74) is 0. The Hall–Kier alpha value is -1.23. The molecule has 0 aromatic carbocycles. The van der Waals surface area contributed by atoms with E-state index in [1.165, 1.54) is 32.1 Å². The summed E-state index contributed by atoms with van der Waals surface area (Å²) in [6.45, 7) is 2.16. The third-order valence-electron chi connectivity index (χ3n) is 1.51. The van der Waals surface area contributed by atoms with Crippen molar-refractivity contribution in [3.63, 3.8) is 0 Å². The van der Waals surface area contributed by atoms with Gasteiger partial charge in [-0.1, -0.05) is 31.6 Å². The largest absolute Gasteiger partial charge is 0.466 e. The second kappa shape index (κ2) is 8.86. The summed E-state index contributed by atoms with van der Waals surface area (Å²) >= 11 is 0. The number of esters is 1. The van der Waals surface area contributed by atoms with E-state index in [1.54, 1.807) is 0 Å². The van der Waals surface area contributed by atoms with E-state index in [4.69, 9.17) is 0 Å². The van der Waals surface area contributed by atoms with E-state index in [1.807, 2.05) is 0 Å². The van der Waals surface area contributed by atoms with Crippen LogP contribution in [0.5, 0.6) is 0 Å². The van der Waals surface area contributed by atoms with Crippen LogP contribution in [0.15, 0.2) is 12.2 Å². The van der Waals surface area contributed by atoms with Gasteiger partial charge in [-0.25, -0.2) is 4.79 Å². The zero-order valence-corrected chi connectivity index (χ0v) is 8.30. The molecule has 2 heteroatoms. The number of unbranched alkanes of at least 4 members (excludes halogenated alkanes) is 3. The third-order valence-corrected chi connectivity index (χ3v) is 1.51. The van der Waals surface area contributed by atoms with Crippen LogP contribution in [-0.4, -0.2) is 13.1 Å². The second-order valence-corrected chi connectivity index (χ2v) is 2.63. The average molecular weight is 180 g/mol. The summed E-state index contributed by atoms with van der Waals surface area (Å²) in [7, 11) is 1.35. The first kappa shape index (κ1) is 11.8. The van der Waals surface area contributed by atoms with Gasteiger partial charge < -0.3 is 4.74 Å². The highest BCUT2D eigenvalue weighted by Gasteiger charge is 1.86. The Balaban J connectivity index is 3.49. The molecule has 0 N–H and O–H groups in total. The van der Waals surface area contributed by atoms with Crippen LogP contribution in [0.4, 0.5) is 0 Å². The lowest BCUT2D eigenvalue weighted by atomic mass is 10.2. The number of carbonyl (C=O) groups excluding carboxylic acids is 1. The van der Waals surface area contributed by atoms with Gasteiger partial charge in [-0.05, 0) is 12.5 Å². The van der Waals surface area contributed by atoms with Crippen LogP contribution < -0.4 is 0 Å². The van der Waals surface area contributed by atoms with Crippen LogP contribution in [0.25, 0.3) is 0 Å². The molecule has 0 unspecified atom stereocenters. The Morgan fingerprint density at radius 2 is 2.23 bits per heavy atom. The van der Waals surface area contributed by atoms with E-state index < -0.39 is 0 Å². The highest BCUT2D eigenvalue weighted by molar-refractivity contribution is 5.82. The minimum atomic E-state index is -0.358. The van der Waals surface area contributed by atoms with Crippen LogP contribution >= 0.6 is 0 Å². The molecule has 13 heavy (non-hydrogen) atoms. The molecule has 0 aromatic heterocycles. The van der Waals surface area contributed by atoms with Crippen molar-refractivity contribution in [2.75, 3.05) is 7.11 Å². The van der Waals surface area contributed by atoms with Gasteiger partial charge in [0.1, 0.15) is 0 Å². The Bertz CT molecular complexity index is 218. The maximum atomic E-state index is 10.6. The minimum absolute atomic E-state index is 0.358. The Morgan fingerprint density at radius 3 is 2.85 bits per heavy atom. The normalized spacial score (nSPS) is 9.38. The number of carbonyl (C=O) groups is 1. The van der Waals surface area contributed by atoms with Crippen LogP contribution in [0.3, 0.4) is 0 Å². The number of hydrogen-bond donors (Lipinski definition) is 0. The average Bonchev–Trinajstić information content (AvgIpc) is 2.16. The minimum Gasteiger partial charge on any atom is -0.466 e. The summed E-state index contributed by atoms with van der Waals surface area (Å²) in [6.07, 6.45) is 7.31. The number of ether oxygens (including phenoxy) is 1. The summed E-state index contributed by atoms with van der Waals surface area (Å²) in [6, 6.07) is 0. The zero-order chi connectivity index (χ0) is 9.94. The predicted molar refractivity (Wildman–Crippen MR) is 53.1 cm³/mol. The van der Waals surface area contributed by atoms with Crippen molar-refractivity contribution >= 4 is 5.97 Å².